The SMILES string of the molecule is CCC(CC)C(O)CNC(=O)c1ccoc1Br. The van der Waals surface area contributed by atoms with Crippen LogP contribution in [0, 0.1) is 5.92 Å². The Balaban J connectivity index is 2.46. The first-order valence-electron chi connectivity index (χ1n) is 5.79. The fraction of sp³-hybridized carbons (Fsp3) is 0.583. The molecule has 0 bridgehead atoms. The summed E-state index contributed by atoms with van der Waals surface area (Å²) in [5.74, 6) is -0.0151. The molecule has 0 aliphatic heterocycles. The number of hydrogen-bond donors (Lipinski definition) is 2. The Morgan fingerprint density at radius 2 is 2.18 bits per heavy atom. The van der Waals surface area contributed by atoms with E-state index in [2.05, 4.69) is 21.2 Å². The van der Waals surface area contributed by atoms with Gasteiger partial charge >= 0.3 is 0 Å². The fourth-order valence-corrected chi connectivity index (χ4v) is 2.17. The van der Waals surface area contributed by atoms with Crippen molar-refractivity contribution in [3.8, 4) is 0 Å². The molecule has 0 aliphatic rings. The summed E-state index contributed by atoms with van der Waals surface area (Å²) in [6.45, 7) is 4.33. The van der Waals surface area contributed by atoms with Crippen LogP contribution in [0.15, 0.2) is 21.4 Å². The maximum absolute atomic E-state index is 11.7. The number of hydrogen-bond acceptors (Lipinski definition) is 3. The number of aliphatic hydroxyl groups is 1. The molecular weight excluding hydrogens is 286 g/mol. The highest BCUT2D eigenvalue weighted by Gasteiger charge is 2.18. The number of aliphatic hydroxyl groups excluding tert-OH is 1. The topological polar surface area (TPSA) is 62.5 Å². The highest BCUT2D eigenvalue weighted by molar-refractivity contribution is 9.10. The van der Waals surface area contributed by atoms with Gasteiger partial charge in [-0.3, -0.25) is 4.79 Å². The van der Waals surface area contributed by atoms with Crippen molar-refractivity contribution in [3.63, 3.8) is 0 Å². The third-order valence-electron chi connectivity index (χ3n) is 2.93. The number of carbonyl (C=O) groups excluding carboxylic acids is 1. The molecule has 4 nitrogen and oxygen atoms in total. The van der Waals surface area contributed by atoms with Gasteiger partial charge in [-0.15, -0.1) is 0 Å². The van der Waals surface area contributed by atoms with E-state index in [9.17, 15) is 9.90 Å². The van der Waals surface area contributed by atoms with Crippen molar-refractivity contribution in [2.75, 3.05) is 6.54 Å². The van der Waals surface area contributed by atoms with Gasteiger partial charge in [0.1, 0.15) is 0 Å². The van der Waals surface area contributed by atoms with E-state index in [4.69, 9.17) is 4.42 Å². The molecule has 0 fully saturated rings. The van der Waals surface area contributed by atoms with E-state index in [1.165, 1.54) is 6.26 Å². The number of amides is 1. The van der Waals surface area contributed by atoms with Crippen LogP contribution >= 0.6 is 15.9 Å². The first-order chi connectivity index (χ1) is 8.10. The minimum atomic E-state index is -0.500. The molecule has 96 valence electrons. The minimum Gasteiger partial charge on any atom is -0.457 e. The van der Waals surface area contributed by atoms with Gasteiger partial charge in [-0.05, 0) is 27.9 Å². The van der Waals surface area contributed by atoms with Crippen molar-refractivity contribution in [3.05, 3.63) is 22.6 Å². The maximum atomic E-state index is 11.7. The molecule has 0 saturated heterocycles. The van der Waals surface area contributed by atoms with Gasteiger partial charge in [0, 0.05) is 6.54 Å². The monoisotopic (exact) mass is 303 g/mol. The van der Waals surface area contributed by atoms with Gasteiger partial charge in [0.25, 0.3) is 5.91 Å². The second kappa shape index (κ2) is 6.81. The Morgan fingerprint density at radius 1 is 1.53 bits per heavy atom. The molecule has 1 aromatic rings. The molecule has 0 saturated carbocycles. The summed E-state index contributed by atoms with van der Waals surface area (Å²) in [5.41, 5.74) is 0.446. The molecular formula is C12H18BrNO3. The first kappa shape index (κ1) is 14.3. The average Bonchev–Trinajstić information content (AvgIpc) is 2.74. The van der Waals surface area contributed by atoms with Gasteiger partial charge in [0.05, 0.1) is 17.9 Å². The quantitative estimate of drug-likeness (QED) is 0.849. The van der Waals surface area contributed by atoms with Crippen molar-refractivity contribution >= 4 is 21.8 Å². The zero-order chi connectivity index (χ0) is 12.8. The molecule has 5 heteroatoms. The lowest BCUT2D eigenvalue weighted by Crippen LogP contribution is -2.36. The Morgan fingerprint density at radius 3 is 2.65 bits per heavy atom. The minimum absolute atomic E-state index is 0.225. The van der Waals surface area contributed by atoms with Gasteiger partial charge in [-0.1, -0.05) is 26.7 Å². The van der Waals surface area contributed by atoms with Gasteiger partial charge in [0.15, 0.2) is 4.67 Å². The molecule has 17 heavy (non-hydrogen) atoms. The van der Waals surface area contributed by atoms with Crippen molar-refractivity contribution in [2.45, 2.75) is 32.8 Å². The Kier molecular flexibility index (Phi) is 5.71. The summed E-state index contributed by atoms with van der Waals surface area (Å²) in [7, 11) is 0. The van der Waals surface area contributed by atoms with Crippen LogP contribution in [0.5, 0.6) is 0 Å². The van der Waals surface area contributed by atoms with E-state index in [-0.39, 0.29) is 18.4 Å². The lowest BCUT2D eigenvalue weighted by molar-refractivity contribution is 0.0815. The van der Waals surface area contributed by atoms with E-state index < -0.39 is 6.10 Å². The van der Waals surface area contributed by atoms with Crippen LogP contribution in [0.1, 0.15) is 37.0 Å². The number of rotatable bonds is 6. The number of carbonyl (C=O) groups is 1. The molecule has 1 heterocycles. The molecule has 1 rings (SSSR count). The molecule has 0 radical (unpaired) electrons. The van der Waals surface area contributed by atoms with Crippen LogP contribution in [0.25, 0.3) is 0 Å². The van der Waals surface area contributed by atoms with E-state index in [1.807, 2.05) is 13.8 Å². The predicted molar refractivity (Wildman–Crippen MR) is 68.8 cm³/mol. The van der Waals surface area contributed by atoms with Crippen LogP contribution < -0.4 is 5.32 Å². The number of furan rings is 1. The molecule has 1 aromatic heterocycles. The van der Waals surface area contributed by atoms with E-state index in [0.717, 1.165) is 12.8 Å². The van der Waals surface area contributed by atoms with Gasteiger partial charge in [0.2, 0.25) is 0 Å². The van der Waals surface area contributed by atoms with Crippen LogP contribution in [0.4, 0.5) is 0 Å². The highest BCUT2D eigenvalue weighted by atomic mass is 79.9. The lowest BCUT2D eigenvalue weighted by atomic mass is 9.96. The molecule has 0 aliphatic carbocycles. The summed E-state index contributed by atoms with van der Waals surface area (Å²) in [5, 5.41) is 12.6. The normalized spacial score (nSPS) is 12.8. The van der Waals surface area contributed by atoms with Crippen LogP contribution in [0.3, 0.4) is 0 Å². The highest BCUT2D eigenvalue weighted by Crippen LogP contribution is 2.17. The number of halogens is 1. The van der Waals surface area contributed by atoms with Crippen LogP contribution in [-0.2, 0) is 0 Å². The predicted octanol–water partition coefficient (Wildman–Crippen LogP) is 2.57. The Hall–Kier alpha value is -0.810. The van der Waals surface area contributed by atoms with Crippen molar-refractivity contribution in [1.82, 2.24) is 5.32 Å². The third kappa shape index (κ3) is 3.85. The summed E-state index contributed by atoms with van der Waals surface area (Å²) in [6, 6.07) is 1.59. The van der Waals surface area contributed by atoms with Gasteiger partial charge < -0.3 is 14.8 Å². The summed E-state index contributed by atoms with van der Waals surface area (Å²) in [4.78, 5) is 11.7. The Labute approximate surface area is 110 Å². The molecule has 1 unspecified atom stereocenters. The van der Waals surface area contributed by atoms with E-state index in [0.29, 0.717) is 10.2 Å². The molecule has 1 amide bonds. The van der Waals surface area contributed by atoms with Crippen LogP contribution in [0.2, 0.25) is 0 Å². The van der Waals surface area contributed by atoms with Crippen molar-refractivity contribution in [1.29, 1.82) is 0 Å². The largest absolute Gasteiger partial charge is 0.457 e. The van der Waals surface area contributed by atoms with E-state index >= 15 is 0 Å². The molecule has 1 atom stereocenters. The fourth-order valence-electron chi connectivity index (χ4n) is 1.75. The summed E-state index contributed by atoms with van der Waals surface area (Å²) >= 11 is 3.14. The number of nitrogens with one attached hydrogen (secondary N) is 1. The standard InChI is InChI=1S/C12H18BrNO3/c1-3-8(4-2)10(15)7-14-12(16)9-5-6-17-11(9)13/h5-6,8,10,15H,3-4,7H2,1-2H3,(H,14,16). The second-order valence-corrected chi connectivity index (χ2v) is 4.68. The summed E-state index contributed by atoms with van der Waals surface area (Å²) in [6.07, 6.45) is 2.75. The zero-order valence-corrected chi connectivity index (χ0v) is 11.7. The smallest absolute Gasteiger partial charge is 0.255 e. The maximum Gasteiger partial charge on any atom is 0.255 e. The third-order valence-corrected chi connectivity index (χ3v) is 3.54. The van der Waals surface area contributed by atoms with Crippen molar-refractivity contribution in [2.24, 2.45) is 5.92 Å². The first-order valence-corrected chi connectivity index (χ1v) is 6.58. The lowest BCUT2D eigenvalue weighted by Gasteiger charge is -2.20. The molecule has 0 spiro atoms. The van der Waals surface area contributed by atoms with E-state index in [1.54, 1.807) is 6.07 Å². The molecule has 2 N–H and O–H groups in total. The van der Waals surface area contributed by atoms with Crippen LogP contribution in [-0.4, -0.2) is 23.7 Å². The zero-order valence-electron chi connectivity index (χ0n) is 10.1. The van der Waals surface area contributed by atoms with Gasteiger partial charge in [-0.2, -0.15) is 0 Å². The van der Waals surface area contributed by atoms with Gasteiger partial charge in [-0.25, -0.2) is 0 Å². The molecule has 0 aromatic carbocycles. The Bertz CT molecular complexity index is 360. The second-order valence-electron chi connectivity index (χ2n) is 3.96. The summed E-state index contributed by atoms with van der Waals surface area (Å²) < 4.78 is 5.38. The average molecular weight is 304 g/mol. The van der Waals surface area contributed by atoms with Crippen molar-refractivity contribution < 1.29 is 14.3 Å².